The first-order valence-electron chi connectivity index (χ1n) is 5.82. The van der Waals surface area contributed by atoms with Gasteiger partial charge in [-0.2, -0.15) is 0 Å². The fourth-order valence-electron chi connectivity index (χ4n) is 1.74. The predicted molar refractivity (Wildman–Crippen MR) is 66.7 cm³/mol. The molecule has 0 bridgehead atoms. The highest BCUT2D eigenvalue weighted by molar-refractivity contribution is 5.34. The van der Waals surface area contributed by atoms with E-state index in [0.717, 1.165) is 11.1 Å². The topological polar surface area (TPSA) is 40.5 Å². The Bertz CT molecular complexity index is 313. The van der Waals surface area contributed by atoms with Crippen LogP contribution in [0.5, 0.6) is 0 Å². The zero-order chi connectivity index (χ0) is 12.2. The molecule has 0 spiro atoms. The van der Waals surface area contributed by atoms with Crippen molar-refractivity contribution in [1.29, 1.82) is 0 Å². The molecule has 90 valence electrons. The lowest BCUT2D eigenvalue weighted by Gasteiger charge is -2.21. The van der Waals surface area contributed by atoms with E-state index in [1.54, 1.807) is 0 Å². The third-order valence-electron chi connectivity index (χ3n) is 2.72. The zero-order valence-corrected chi connectivity index (χ0v) is 10.5. The van der Waals surface area contributed by atoms with Crippen LogP contribution in [0.15, 0.2) is 18.2 Å². The number of rotatable bonds is 4. The van der Waals surface area contributed by atoms with E-state index in [9.17, 15) is 0 Å². The van der Waals surface area contributed by atoms with Crippen molar-refractivity contribution in [2.75, 3.05) is 13.2 Å². The van der Waals surface area contributed by atoms with Gasteiger partial charge >= 0.3 is 0 Å². The molecule has 0 unspecified atom stereocenters. The van der Waals surface area contributed by atoms with Crippen LogP contribution in [0.25, 0.3) is 0 Å². The van der Waals surface area contributed by atoms with Gasteiger partial charge in [-0.3, -0.25) is 0 Å². The van der Waals surface area contributed by atoms with Gasteiger partial charge in [0.15, 0.2) is 0 Å². The van der Waals surface area contributed by atoms with Gasteiger partial charge in [0, 0.05) is 13.2 Å². The summed E-state index contributed by atoms with van der Waals surface area (Å²) >= 11 is 0. The fourth-order valence-corrected chi connectivity index (χ4v) is 1.74. The molecule has 0 atom stereocenters. The van der Waals surface area contributed by atoms with Crippen LogP contribution >= 0.6 is 0 Å². The van der Waals surface area contributed by atoms with Crippen molar-refractivity contribution in [3.8, 4) is 0 Å². The summed E-state index contributed by atoms with van der Waals surface area (Å²) in [5.74, 6) is 0. The molecule has 0 radical (unpaired) electrons. The van der Waals surface area contributed by atoms with Gasteiger partial charge in [-0.15, -0.1) is 0 Å². The van der Waals surface area contributed by atoms with Crippen LogP contribution in [-0.4, -0.2) is 23.4 Å². The maximum atomic E-state index is 8.98. The Labute approximate surface area is 97.9 Å². The van der Waals surface area contributed by atoms with Gasteiger partial charge in [-0.25, -0.2) is 0 Å². The van der Waals surface area contributed by atoms with Crippen molar-refractivity contribution in [3.05, 3.63) is 34.9 Å². The average Bonchev–Trinajstić information content (AvgIpc) is 2.17. The van der Waals surface area contributed by atoms with Crippen LogP contribution in [-0.2, 0) is 18.3 Å². The summed E-state index contributed by atoms with van der Waals surface area (Å²) < 4.78 is 0. The lowest BCUT2D eigenvalue weighted by molar-refractivity contribution is 0.298. The molecular weight excluding hydrogens is 200 g/mol. The fraction of sp³-hybridized carbons (Fsp3) is 0.571. The Morgan fingerprint density at radius 2 is 1.31 bits per heavy atom. The molecule has 0 aliphatic heterocycles. The molecule has 0 aliphatic carbocycles. The van der Waals surface area contributed by atoms with Gasteiger partial charge in [-0.05, 0) is 34.9 Å². The zero-order valence-electron chi connectivity index (χ0n) is 10.5. The summed E-state index contributed by atoms with van der Waals surface area (Å²) in [5.41, 5.74) is 3.68. The Morgan fingerprint density at radius 3 is 1.62 bits per heavy atom. The normalized spacial score (nSPS) is 11.8. The second-order valence-corrected chi connectivity index (χ2v) is 5.24. The van der Waals surface area contributed by atoms with Crippen LogP contribution < -0.4 is 0 Å². The van der Waals surface area contributed by atoms with Gasteiger partial charge in [0.05, 0.1) is 0 Å². The number of aliphatic hydroxyl groups excluding tert-OH is 2. The molecule has 2 nitrogen and oxygen atoms in total. The Morgan fingerprint density at radius 1 is 0.875 bits per heavy atom. The van der Waals surface area contributed by atoms with Gasteiger partial charge in [0.25, 0.3) is 0 Å². The lowest BCUT2D eigenvalue weighted by atomic mass is 9.84. The molecule has 0 saturated heterocycles. The van der Waals surface area contributed by atoms with E-state index in [1.807, 2.05) is 0 Å². The van der Waals surface area contributed by atoms with E-state index in [1.165, 1.54) is 5.56 Å². The summed E-state index contributed by atoms with van der Waals surface area (Å²) in [7, 11) is 0. The summed E-state index contributed by atoms with van der Waals surface area (Å²) in [6.07, 6.45) is 1.37. The van der Waals surface area contributed by atoms with Crippen molar-refractivity contribution < 1.29 is 10.2 Å². The smallest absolute Gasteiger partial charge is 0.0471 e. The SMILES string of the molecule is CC(C)(C)c1cc(CCO)cc(CCO)c1. The summed E-state index contributed by atoms with van der Waals surface area (Å²) in [6, 6.07) is 6.37. The minimum Gasteiger partial charge on any atom is -0.396 e. The molecule has 1 aromatic carbocycles. The predicted octanol–water partition coefficient (Wildman–Crippen LogP) is 2.05. The van der Waals surface area contributed by atoms with Crippen molar-refractivity contribution in [1.82, 2.24) is 0 Å². The first kappa shape index (κ1) is 13.2. The third-order valence-corrected chi connectivity index (χ3v) is 2.72. The molecule has 0 amide bonds. The van der Waals surface area contributed by atoms with E-state index < -0.39 is 0 Å². The largest absolute Gasteiger partial charge is 0.396 e. The lowest BCUT2D eigenvalue weighted by Crippen LogP contribution is -2.12. The van der Waals surface area contributed by atoms with Crippen LogP contribution in [0.2, 0.25) is 0 Å². The molecule has 0 fully saturated rings. The van der Waals surface area contributed by atoms with Crippen molar-refractivity contribution >= 4 is 0 Å². The van der Waals surface area contributed by atoms with Gasteiger partial charge in [0.1, 0.15) is 0 Å². The molecule has 0 saturated carbocycles. The Kier molecular flexibility index (Phi) is 4.51. The summed E-state index contributed by atoms with van der Waals surface area (Å²) in [6.45, 7) is 6.87. The molecule has 16 heavy (non-hydrogen) atoms. The van der Waals surface area contributed by atoms with Crippen molar-refractivity contribution in [2.24, 2.45) is 0 Å². The number of benzene rings is 1. The van der Waals surface area contributed by atoms with E-state index in [4.69, 9.17) is 10.2 Å². The van der Waals surface area contributed by atoms with E-state index >= 15 is 0 Å². The van der Waals surface area contributed by atoms with Crippen molar-refractivity contribution in [3.63, 3.8) is 0 Å². The molecule has 0 heterocycles. The van der Waals surface area contributed by atoms with Crippen molar-refractivity contribution in [2.45, 2.75) is 39.0 Å². The number of hydrogen-bond acceptors (Lipinski definition) is 2. The van der Waals surface area contributed by atoms with Gasteiger partial charge in [0.2, 0.25) is 0 Å². The molecule has 0 aliphatic rings. The number of hydrogen-bond donors (Lipinski definition) is 2. The van der Waals surface area contributed by atoms with Crippen LogP contribution in [0.3, 0.4) is 0 Å². The molecule has 1 rings (SSSR count). The van der Waals surface area contributed by atoms with E-state index in [2.05, 4.69) is 39.0 Å². The maximum Gasteiger partial charge on any atom is 0.0471 e. The minimum absolute atomic E-state index is 0.107. The Hall–Kier alpha value is -0.860. The van der Waals surface area contributed by atoms with Gasteiger partial charge in [-0.1, -0.05) is 39.0 Å². The number of aliphatic hydroxyl groups is 2. The standard InChI is InChI=1S/C14H22O2/c1-14(2,3)13-9-11(4-6-15)8-12(10-13)5-7-16/h8-10,15-16H,4-7H2,1-3H3. The monoisotopic (exact) mass is 222 g/mol. The highest BCUT2D eigenvalue weighted by Gasteiger charge is 2.15. The Balaban J connectivity index is 3.08. The highest BCUT2D eigenvalue weighted by atomic mass is 16.3. The quantitative estimate of drug-likeness (QED) is 0.818. The molecule has 2 N–H and O–H groups in total. The van der Waals surface area contributed by atoms with Crippen LogP contribution in [0, 0.1) is 0 Å². The minimum atomic E-state index is 0.107. The molecule has 1 aromatic rings. The highest BCUT2D eigenvalue weighted by Crippen LogP contribution is 2.25. The second-order valence-electron chi connectivity index (χ2n) is 5.24. The van der Waals surface area contributed by atoms with E-state index in [-0.39, 0.29) is 18.6 Å². The molecule has 0 aromatic heterocycles. The molecule has 2 heteroatoms. The van der Waals surface area contributed by atoms with Crippen LogP contribution in [0.4, 0.5) is 0 Å². The molecular formula is C14H22O2. The maximum absolute atomic E-state index is 8.98. The average molecular weight is 222 g/mol. The summed E-state index contributed by atoms with van der Waals surface area (Å²) in [4.78, 5) is 0. The third kappa shape index (κ3) is 3.62. The van der Waals surface area contributed by atoms with E-state index in [0.29, 0.717) is 12.8 Å². The summed E-state index contributed by atoms with van der Waals surface area (Å²) in [5, 5.41) is 18.0. The second kappa shape index (κ2) is 5.46. The van der Waals surface area contributed by atoms with Crippen LogP contribution in [0.1, 0.15) is 37.5 Å². The first-order chi connectivity index (χ1) is 7.47. The van der Waals surface area contributed by atoms with Gasteiger partial charge < -0.3 is 10.2 Å². The first-order valence-corrected chi connectivity index (χ1v) is 5.82.